The zero-order valence-electron chi connectivity index (χ0n) is 12.8. The SMILES string of the molecule is CCOc1ccccc1C(=O)N1CC(CO)OC(C)(C)C1. The van der Waals surface area contributed by atoms with E-state index >= 15 is 0 Å². The summed E-state index contributed by atoms with van der Waals surface area (Å²) in [5.41, 5.74) is 0.0794. The molecule has 1 heterocycles. The average Bonchev–Trinajstić information content (AvgIpc) is 2.45. The number of morpholine rings is 1. The van der Waals surface area contributed by atoms with Gasteiger partial charge in [-0.2, -0.15) is 0 Å². The van der Waals surface area contributed by atoms with Gasteiger partial charge in [0.05, 0.1) is 30.5 Å². The van der Waals surface area contributed by atoms with E-state index in [1.807, 2.05) is 32.9 Å². The molecule has 1 saturated heterocycles. The van der Waals surface area contributed by atoms with Crippen LogP contribution in [0.1, 0.15) is 31.1 Å². The fraction of sp³-hybridized carbons (Fsp3) is 0.562. The van der Waals surface area contributed by atoms with E-state index in [1.165, 1.54) is 0 Å². The highest BCUT2D eigenvalue weighted by atomic mass is 16.5. The van der Waals surface area contributed by atoms with E-state index in [2.05, 4.69) is 0 Å². The van der Waals surface area contributed by atoms with Crippen LogP contribution in [0, 0.1) is 0 Å². The third-order valence-electron chi connectivity index (χ3n) is 3.39. The van der Waals surface area contributed by atoms with Gasteiger partial charge < -0.3 is 19.5 Å². The molecule has 0 saturated carbocycles. The Balaban J connectivity index is 2.23. The van der Waals surface area contributed by atoms with Gasteiger partial charge in [-0.1, -0.05) is 12.1 Å². The van der Waals surface area contributed by atoms with Crippen molar-refractivity contribution in [2.45, 2.75) is 32.5 Å². The van der Waals surface area contributed by atoms with Crippen molar-refractivity contribution in [3.8, 4) is 5.75 Å². The number of benzene rings is 1. The van der Waals surface area contributed by atoms with Gasteiger partial charge in [0.1, 0.15) is 5.75 Å². The van der Waals surface area contributed by atoms with Crippen LogP contribution >= 0.6 is 0 Å². The highest BCUT2D eigenvalue weighted by Gasteiger charge is 2.36. The molecule has 0 aliphatic carbocycles. The van der Waals surface area contributed by atoms with Crippen molar-refractivity contribution >= 4 is 5.91 Å². The summed E-state index contributed by atoms with van der Waals surface area (Å²) in [6.07, 6.45) is -0.350. The summed E-state index contributed by atoms with van der Waals surface area (Å²) in [5, 5.41) is 9.34. The molecule has 1 aliphatic rings. The van der Waals surface area contributed by atoms with Gasteiger partial charge in [-0.15, -0.1) is 0 Å². The molecule has 0 aromatic heterocycles. The van der Waals surface area contributed by atoms with Gasteiger partial charge in [0.25, 0.3) is 5.91 Å². The topological polar surface area (TPSA) is 59.0 Å². The van der Waals surface area contributed by atoms with Crippen molar-refractivity contribution in [2.75, 3.05) is 26.3 Å². The first kappa shape index (κ1) is 15.8. The van der Waals surface area contributed by atoms with Crippen molar-refractivity contribution in [3.63, 3.8) is 0 Å². The van der Waals surface area contributed by atoms with Gasteiger partial charge in [0.2, 0.25) is 0 Å². The molecular formula is C16H23NO4. The second-order valence-corrected chi connectivity index (χ2v) is 5.80. The van der Waals surface area contributed by atoms with Gasteiger partial charge in [-0.25, -0.2) is 0 Å². The number of carbonyl (C=O) groups excluding carboxylic acids is 1. The number of hydrogen-bond acceptors (Lipinski definition) is 4. The lowest BCUT2D eigenvalue weighted by atomic mass is 10.0. The molecule has 116 valence electrons. The third kappa shape index (κ3) is 3.74. The molecule has 5 nitrogen and oxygen atoms in total. The van der Waals surface area contributed by atoms with E-state index < -0.39 is 5.60 Å². The van der Waals surface area contributed by atoms with Crippen molar-refractivity contribution < 1.29 is 19.4 Å². The highest BCUT2D eigenvalue weighted by Crippen LogP contribution is 2.25. The van der Waals surface area contributed by atoms with E-state index in [4.69, 9.17) is 9.47 Å². The van der Waals surface area contributed by atoms with Gasteiger partial charge in [0.15, 0.2) is 0 Å². The van der Waals surface area contributed by atoms with Crippen LogP contribution in [-0.4, -0.2) is 53.9 Å². The first-order valence-corrected chi connectivity index (χ1v) is 7.26. The smallest absolute Gasteiger partial charge is 0.257 e. The predicted octanol–water partition coefficient (Wildman–Crippen LogP) is 1.70. The minimum absolute atomic E-state index is 0.0890. The van der Waals surface area contributed by atoms with Crippen LogP contribution in [0.15, 0.2) is 24.3 Å². The Morgan fingerprint density at radius 3 is 2.86 bits per heavy atom. The molecule has 0 spiro atoms. The molecule has 1 aromatic carbocycles. The van der Waals surface area contributed by atoms with E-state index in [0.717, 1.165) is 0 Å². The van der Waals surface area contributed by atoms with E-state index in [0.29, 0.717) is 31.0 Å². The number of rotatable bonds is 4. The number of aliphatic hydroxyl groups is 1. The number of hydrogen-bond donors (Lipinski definition) is 1. The molecule has 5 heteroatoms. The number of ether oxygens (including phenoxy) is 2. The molecule has 0 bridgehead atoms. The van der Waals surface area contributed by atoms with Crippen LogP contribution < -0.4 is 4.74 Å². The molecule has 0 radical (unpaired) electrons. The normalized spacial score (nSPS) is 21.1. The first-order valence-electron chi connectivity index (χ1n) is 7.26. The first-order chi connectivity index (χ1) is 9.96. The molecule has 1 atom stereocenters. The van der Waals surface area contributed by atoms with Gasteiger partial charge in [-0.05, 0) is 32.9 Å². The largest absolute Gasteiger partial charge is 0.493 e. The van der Waals surface area contributed by atoms with Crippen LogP contribution in [0.3, 0.4) is 0 Å². The standard InChI is InChI=1S/C16H23NO4/c1-4-20-14-8-6-5-7-13(14)15(19)17-9-12(10-18)21-16(2,3)11-17/h5-8,12,18H,4,9-11H2,1-3H3. The van der Waals surface area contributed by atoms with Gasteiger partial charge in [-0.3, -0.25) is 4.79 Å². The zero-order valence-corrected chi connectivity index (χ0v) is 12.8. The number of aliphatic hydroxyl groups excluding tert-OH is 1. The van der Waals surface area contributed by atoms with Crippen molar-refractivity contribution in [1.82, 2.24) is 4.90 Å². The lowest BCUT2D eigenvalue weighted by Crippen LogP contribution is -2.55. The van der Waals surface area contributed by atoms with E-state index in [9.17, 15) is 9.90 Å². The summed E-state index contributed by atoms with van der Waals surface area (Å²) >= 11 is 0. The monoisotopic (exact) mass is 293 g/mol. The Kier molecular flexibility index (Phi) is 4.85. The summed E-state index contributed by atoms with van der Waals surface area (Å²) in [7, 11) is 0. The second kappa shape index (κ2) is 6.45. The maximum atomic E-state index is 12.8. The third-order valence-corrected chi connectivity index (χ3v) is 3.39. The Morgan fingerprint density at radius 1 is 1.48 bits per heavy atom. The summed E-state index contributed by atoms with van der Waals surface area (Å²) in [4.78, 5) is 14.5. The maximum absolute atomic E-state index is 12.8. The predicted molar refractivity (Wildman–Crippen MR) is 79.6 cm³/mol. The molecule has 1 aromatic rings. The Labute approximate surface area is 125 Å². The summed E-state index contributed by atoms with van der Waals surface area (Å²) in [6.45, 7) is 7.02. The Morgan fingerprint density at radius 2 is 2.19 bits per heavy atom. The fourth-order valence-corrected chi connectivity index (χ4v) is 2.64. The van der Waals surface area contributed by atoms with Gasteiger partial charge in [0, 0.05) is 13.1 Å². The summed E-state index contributed by atoms with van der Waals surface area (Å²) in [5.74, 6) is 0.503. The highest BCUT2D eigenvalue weighted by molar-refractivity contribution is 5.97. The van der Waals surface area contributed by atoms with E-state index in [-0.39, 0.29) is 18.6 Å². The van der Waals surface area contributed by atoms with Crippen LogP contribution in [0.4, 0.5) is 0 Å². The lowest BCUT2D eigenvalue weighted by molar-refractivity contribution is -0.139. The number of para-hydroxylation sites is 1. The lowest BCUT2D eigenvalue weighted by Gasteiger charge is -2.42. The Hall–Kier alpha value is -1.59. The van der Waals surface area contributed by atoms with Crippen LogP contribution in [0.25, 0.3) is 0 Å². The van der Waals surface area contributed by atoms with E-state index in [1.54, 1.807) is 17.0 Å². The number of amides is 1. The average molecular weight is 293 g/mol. The molecular weight excluding hydrogens is 270 g/mol. The van der Waals surface area contributed by atoms with Crippen molar-refractivity contribution in [3.05, 3.63) is 29.8 Å². The summed E-state index contributed by atoms with van der Waals surface area (Å²) < 4.78 is 11.3. The molecule has 1 N–H and O–H groups in total. The van der Waals surface area contributed by atoms with Crippen LogP contribution in [-0.2, 0) is 4.74 Å². The van der Waals surface area contributed by atoms with Crippen LogP contribution in [0.2, 0.25) is 0 Å². The number of nitrogens with zero attached hydrogens (tertiary/aromatic N) is 1. The molecule has 2 rings (SSSR count). The molecule has 1 unspecified atom stereocenters. The van der Waals surface area contributed by atoms with Crippen LogP contribution in [0.5, 0.6) is 5.75 Å². The molecule has 21 heavy (non-hydrogen) atoms. The fourth-order valence-electron chi connectivity index (χ4n) is 2.64. The molecule has 1 fully saturated rings. The van der Waals surface area contributed by atoms with Crippen molar-refractivity contribution in [1.29, 1.82) is 0 Å². The van der Waals surface area contributed by atoms with Crippen molar-refractivity contribution in [2.24, 2.45) is 0 Å². The second-order valence-electron chi connectivity index (χ2n) is 5.80. The summed E-state index contributed by atoms with van der Waals surface area (Å²) in [6, 6.07) is 7.24. The maximum Gasteiger partial charge on any atom is 0.257 e. The Bertz CT molecular complexity index is 501. The number of carbonyl (C=O) groups is 1. The minimum Gasteiger partial charge on any atom is -0.493 e. The molecule has 1 amide bonds. The molecule has 1 aliphatic heterocycles. The quantitative estimate of drug-likeness (QED) is 0.918. The zero-order chi connectivity index (χ0) is 15.5. The minimum atomic E-state index is -0.470. The van der Waals surface area contributed by atoms with Gasteiger partial charge >= 0.3 is 0 Å².